The highest BCUT2D eigenvalue weighted by Gasteiger charge is 2.25. The van der Waals surface area contributed by atoms with Crippen LogP contribution in [0.15, 0.2) is 47.1 Å². The van der Waals surface area contributed by atoms with Crippen LogP contribution in [0.1, 0.15) is 13.8 Å². The van der Waals surface area contributed by atoms with Crippen LogP contribution >= 0.6 is 0 Å². The van der Waals surface area contributed by atoms with Crippen LogP contribution in [0.3, 0.4) is 0 Å². The van der Waals surface area contributed by atoms with E-state index in [2.05, 4.69) is 29.8 Å². The van der Waals surface area contributed by atoms with Gasteiger partial charge in [-0.3, -0.25) is 0 Å². The van der Waals surface area contributed by atoms with E-state index in [1.54, 1.807) is 6.26 Å². The molecule has 5 nitrogen and oxygen atoms in total. The normalized spacial score (nSPS) is 21.7. The molecule has 0 amide bonds. The van der Waals surface area contributed by atoms with Crippen molar-refractivity contribution in [2.75, 3.05) is 18.0 Å². The molecule has 0 saturated carbocycles. The van der Waals surface area contributed by atoms with Gasteiger partial charge in [-0.2, -0.15) is 0 Å². The molecule has 2 unspecified atom stereocenters. The van der Waals surface area contributed by atoms with E-state index in [0.717, 1.165) is 29.8 Å². The van der Waals surface area contributed by atoms with Gasteiger partial charge in [0.15, 0.2) is 11.6 Å². The Morgan fingerprint density at radius 1 is 1.00 bits per heavy atom. The molecule has 2 atom stereocenters. The largest absolute Gasteiger partial charge is 0.461 e. The number of para-hydroxylation sites is 1. The molecule has 1 aliphatic heterocycles. The van der Waals surface area contributed by atoms with Gasteiger partial charge in [-0.1, -0.05) is 12.1 Å². The monoisotopic (exact) mass is 309 g/mol. The molecule has 3 heterocycles. The van der Waals surface area contributed by atoms with Crippen LogP contribution in [0.4, 0.5) is 5.82 Å². The second-order valence-corrected chi connectivity index (χ2v) is 6.03. The van der Waals surface area contributed by atoms with Gasteiger partial charge in [0.05, 0.1) is 24.0 Å². The van der Waals surface area contributed by atoms with Crippen LogP contribution < -0.4 is 4.90 Å². The standard InChI is InChI=1S/C18H19N3O2/c1-12-10-21(11-13(2)23-12)18-14-6-3-4-7-15(14)19-17(20-18)16-8-5-9-22-16/h3-9,12-13H,10-11H2,1-2H3. The summed E-state index contributed by atoms with van der Waals surface area (Å²) in [5.41, 5.74) is 0.927. The summed E-state index contributed by atoms with van der Waals surface area (Å²) in [6, 6.07) is 11.8. The lowest BCUT2D eigenvalue weighted by Crippen LogP contribution is -2.46. The van der Waals surface area contributed by atoms with Crippen LogP contribution in [0.2, 0.25) is 0 Å². The fourth-order valence-electron chi connectivity index (χ4n) is 3.17. The van der Waals surface area contributed by atoms with Gasteiger partial charge in [-0.05, 0) is 38.1 Å². The fourth-order valence-corrected chi connectivity index (χ4v) is 3.17. The number of ether oxygens (including phenoxy) is 1. The maximum Gasteiger partial charge on any atom is 0.198 e. The number of nitrogens with zero attached hydrogens (tertiary/aromatic N) is 3. The summed E-state index contributed by atoms with van der Waals surface area (Å²) >= 11 is 0. The summed E-state index contributed by atoms with van der Waals surface area (Å²) in [4.78, 5) is 11.7. The quantitative estimate of drug-likeness (QED) is 0.725. The third-order valence-electron chi connectivity index (χ3n) is 4.04. The minimum atomic E-state index is 0.180. The smallest absolute Gasteiger partial charge is 0.198 e. The number of anilines is 1. The topological polar surface area (TPSA) is 51.4 Å². The van der Waals surface area contributed by atoms with Crippen molar-refractivity contribution in [2.45, 2.75) is 26.1 Å². The summed E-state index contributed by atoms with van der Waals surface area (Å²) in [6.45, 7) is 5.84. The fraction of sp³-hybridized carbons (Fsp3) is 0.333. The predicted molar refractivity (Wildman–Crippen MR) is 89.5 cm³/mol. The van der Waals surface area contributed by atoms with E-state index in [0.29, 0.717) is 11.6 Å². The van der Waals surface area contributed by atoms with Crippen molar-refractivity contribution in [2.24, 2.45) is 0 Å². The third-order valence-corrected chi connectivity index (χ3v) is 4.04. The zero-order chi connectivity index (χ0) is 15.8. The molecule has 1 saturated heterocycles. The van der Waals surface area contributed by atoms with Gasteiger partial charge in [-0.15, -0.1) is 0 Å². The van der Waals surface area contributed by atoms with Crippen molar-refractivity contribution in [3.05, 3.63) is 42.7 Å². The van der Waals surface area contributed by atoms with Crippen LogP contribution in [-0.2, 0) is 4.74 Å². The van der Waals surface area contributed by atoms with E-state index >= 15 is 0 Å². The van der Waals surface area contributed by atoms with E-state index in [9.17, 15) is 0 Å². The minimum Gasteiger partial charge on any atom is -0.461 e. The van der Waals surface area contributed by atoms with Crippen LogP contribution in [-0.4, -0.2) is 35.3 Å². The second-order valence-electron chi connectivity index (χ2n) is 6.03. The SMILES string of the molecule is CC1CN(c2nc(-c3ccco3)nc3ccccc23)CC(C)O1. The third kappa shape index (κ3) is 2.68. The summed E-state index contributed by atoms with van der Waals surface area (Å²) in [5.74, 6) is 2.26. The summed E-state index contributed by atoms with van der Waals surface area (Å²) in [5, 5.41) is 1.06. The number of furan rings is 1. The van der Waals surface area contributed by atoms with Crippen molar-refractivity contribution in [1.29, 1.82) is 0 Å². The van der Waals surface area contributed by atoms with E-state index in [-0.39, 0.29) is 12.2 Å². The number of hydrogen-bond acceptors (Lipinski definition) is 5. The molecule has 0 spiro atoms. The van der Waals surface area contributed by atoms with E-state index in [1.165, 1.54) is 0 Å². The zero-order valence-corrected chi connectivity index (χ0v) is 13.3. The van der Waals surface area contributed by atoms with Crippen LogP contribution in [0, 0.1) is 0 Å². The van der Waals surface area contributed by atoms with Gasteiger partial charge in [-0.25, -0.2) is 9.97 Å². The second kappa shape index (κ2) is 5.66. The van der Waals surface area contributed by atoms with Gasteiger partial charge in [0.25, 0.3) is 0 Å². The number of benzene rings is 1. The Bertz CT molecular complexity index is 806. The summed E-state index contributed by atoms with van der Waals surface area (Å²) in [6.07, 6.45) is 2.01. The Morgan fingerprint density at radius 3 is 2.52 bits per heavy atom. The van der Waals surface area contributed by atoms with Gasteiger partial charge in [0.2, 0.25) is 0 Å². The molecule has 3 aromatic rings. The van der Waals surface area contributed by atoms with Crippen molar-refractivity contribution in [3.63, 3.8) is 0 Å². The maximum atomic E-state index is 5.85. The number of rotatable bonds is 2. The first-order valence-corrected chi connectivity index (χ1v) is 7.92. The minimum absolute atomic E-state index is 0.180. The first-order chi connectivity index (χ1) is 11.2. The highest BCUT2D eigenvalue weighted by atomic mass is 16.5. The Kier molecular flexibility index (Phi) is 3.50. The first-order valence-electron chi connectivity index (χ1n) is 7.92. The number of fused-ring (bicyclic) bond motifs is 1. The predicted octanol–water partition coefficient (Wildman–Crippen LogP) is 3.50. The number of aromatic nitrogens is 2. The number of hydrogen-bond donors (Lipinski definition) is 0. The maximum absolute atomic E-state index is 5.85. The molecular formula is C18H19N3O2. The highest BCUT2D eigenvalue weighted by molar-refractivity contribution is 5.90. The highest BCUT2D eigenvalue weighted by Crippen LogP contribution is 2.29. The van der Waals surface area contributed by atoms with Gasteiger partial charge in [0, 0.05) is 18.5 Å². The first kappa shape index (κ1) is 14.2. The molecule has 0 radical (unpaired) electrons. The van der Waals surface area contributed by atoms with E-state index < -0.39 is 0 Å². The van der Waals surface area contributed by atoms with E-state index in [4.69, 9.17) is 14.1 Å². The number of morpholine rings is 1. The van der Waals surface area contributed by atoms with Crippen LogP contribution in [0.5, 0.6) is 0 Å². The Labute approximate surface area is 134 Å². The Hall–Kier alpha value is -2.40. The molecule has 1 aromatic carbocycles. The van der Waals surface area contributed by atoms with Crippen molar-refractivity contribution in [1.82, 2.24) is 9.97 Å². The summed E-state index contributed by atoms with van der Waals surface area (Å²) in [7, 11) is 0. The van der Waals surface area contributed by atoms with Crippen molar-refractivity contribution < 1.29 is 9.15 Å². The van der Waals surface area contributed by atoms with E-state index in [1.807, 2.05) is 30.3 Å². The molecule has 23 heavy (non-hydrogen) atoms. The molecule has 0 bridgehead atoms. The molecule has 5 heteroatoms. The molecule has 2 aromatic heterocycles. The Morgan fingerprint density at radius 2 is 1.78 bits per heavy atom. The Balaban J connectivity index is 1.86. The molecule has 4 rings (SSSR count). The molecule has 118 valence electrons. The van der Waals surface area contributed by atoms with Gasteiger partial charge < -0.3 is 14.1 Å². The lowest BCUT2D eigenvalue weighted by molar-refractivity contribution is -0.00536. The van der Waals surface area contributed by atoms with Crippen molar-refractivity contribution >= 4 is 16.7 Å². The molecule has 0 aliphatic carbocycles. The average molecular weight is 309 g/mol. The van der Waals surface area contributed by atoms with Crippen LogP contribution in [0.25, 0.3) is 22.5 Å². The van der Waals surface area contributed by atoms with Gasteiger partial charge >= 0.3 is 0 Å². The molecular weight excluding hydrogens is 290 g/mol. The average Bonchev–Trinajstić information content (AvgIpc) is 3.07. The zero-order valence-electron chi connectivity index (χ0n) is 13.3. The summed E-state index contributed by atoms with van der Waals surface area (Å²) < 4.78 is 11.3. The lowest BCUT2D eigenvalue weighted by atomic mass is 10.1. The molecule has 1 aliphatic rings. The van der Waals surface area contributed by atoms with Crippen molar-refractivity contribution in [3.8, 4) is 11.6 Å². The lowest BCUT2D eigenvalue weighted by Gasteiger charge is -2.36. The van der Waals surface area contributed by atoms with Gasteiger partial charge in [0.1, 0.15) is 5.82 Å². The molecule has 1 fully saturated rings. The molecule has 0 N–H and O–H groups in total.